The number of non-ortho nitro benzene ring substituents is 1. The van der Waals surface area contributed by atoms with Crippen LogP contribution in [-0.4, -0.2) is 56.9 Å². The fraction of sp³-hybridized carbons (Fsp3) is 0.462. The maximum absolute atomic E-state index is 12.2. The van der Waals surface area contributed by atoms with E-state index in [1.165, 1.54) is 7.11 Å². The van der Waals surface area contributed by atoms with Crippen molar-refractivity contribution in [2.24, 2.45) is 0 Å². The third-order valence-corrected chi connectivity index (χ3v) is 4.49. The van der Waals surface area contributed by atoms with E-state index in [1.807, 2.05) is 0 Å². The number of sulfonamides is 1. The number of aliphatic hydroxyl groups excluding tert-OH is 1. The molecule has 0 bridgehead atoms. The van der Waals surface area contributed by atoms with Gasteiger partial charge in [0, 0.05) is 26.2 Å². The fourth-order valence-corrected chi connectivity index (χ4v) is 2.87. The summed E-state index contributed by atoms with van der Waals surface area (Å²) in [4.78, 5) is 20.8. The molecule has 2 atom stereocenters. The van der Waals surface area contributed by atoms with E-state index in [9.17, 15) is 28.4 Å². The Kier molecular flexibility index (Phi) is 7.22. The second kappa shape index (κ2) is 8.68. The van der Waals surface area contributed by atoms with Gasteiger partial charge in [-0.3, -0.25) is 14.9 Å². The summed E-state index contributed by atoms with van der Waals surface area (Å²) >= 11 is 0. The summed E-state index contributed by atoms with van der Waals surface area (Å²) < 4.78 is 36.4. The first kappa shape index (κ1) is 20.0. The lowest BCUT2D eigenvalue weighted by Crippen LogP contribution is -2.44. The summed E-state index contributed by atoms with van der Waals surface area (Å²) in [7, 11) is -2.70. The summed E-state index contributed by atoms with van der Waals surface area (Å²) in [6.07, 6.45) is -1.95. The Morgan fingerprint density at radius 3 is 2.33 bits per heavy atom. The molecular formula is C13H18N2O8S. The number of rotatable bonds is 9. The normalized spacial score (nSPS) is 14.0. The number of ether oxygens (including phenoxy) is 2. The van der Waals surface area contributed by atoms with Gasteiger partial charge in [-0.2, -0.15) is 0 Å². The first-order chi connectivity index (χ1) is 11.2. The molecule has 0 saturated heterocycles. The van der Waals surface area contributed by atoms with E-state index >= 15 is 0 Å². The molecule has 1 rings (SSSR count). The molecule has 24 heavy (non-hydrogen) atoms. The van der Waals surface area contributed by atoms with Gasteiger partial charge in [-0.1, -0.05) is 0 Å². The predicted molar refractivity (Wildman–Crippen MR) is 81.7 cm³/mol. The molecule has 0 heterocycles. The zero-order valence-electron chi connectivity index (χ0n) is 13.0. The Morgan fingerprint density at radius 2 is 1.92 bits per heavy atom. The SMILES string of the molecule is CO[C@H](CO)[C@@H](CNS(=O)(=O)c1ccc([N+](=O)[O-])cc1)OC(C)=O. The summed E-state index contributed by atoms with van der Waals surface area (Å²) in [5.74, 6) is -0.662. The van der Waals surface area contributed by atoms with Crippen molar-refractivity contribution in [3.8, 4) is 0 Å². The molecule has 0 aliphatic heterocycles. The Labute approximate surface area is 138 Å². The van der Waals surface area contributed by atoms with Crippen LogP contribution in [0.15, 0.2) is 29.2 Å². The Bertz CT molecular complexity index is 670. The van der Waals surface area contributed by atoms with Crippen molar-refractivity contribution in [2.75, 3.05) is 20.3 Å². The topological polar surface area (TPSA) is 145 Å². The number of nitro benzene ring substituents is 1. The van der Waals surface area contributed by atoms with Crippen LogP contribution in [-0.2, 0) is 24.3 Å². The monoisotopic (exact) mass is 362 g/mol. The minimum Gasteiger partial charge on any atom is -0.458 e. The number of carbonyl (C=O) groups is 1. The minimum atomic E-state index is -3.98. The van der Waals surface area contributed by atoms with E-state index in [0.29, 0.717) is 0 Å². The van der Waals surface area contributed by atoms with E-state index in [1.54, 1.807) is 0 Å². The molecule has 11 heteroatoms. The van der Waals surface area contributed by atoms with Crippen molar-refractivity contribution >= 4 is 21.7 Å². The lowest BCUT2D eigenvalue weighted by molar-refractivity contribution is -0.384. The van der Waals surface area contributed by atoms with Crippen LogP contribution in [0.25, 0.3) is 0 Å². The van der Waals surface area contributed by atoms with Crippen LogP contribution >= 0.6 is 0 Å². The zero-order valence-corrected chi connectivity index (χ0v) is 13.9. The highest BCUT2D eigenvalue weighted by atomic mass is 32.2. The lowest BCUT2D eigenvalue weighted by atomic mass is 10.2. The molecule has 0 aliphatic rings. The molecular weight excluding hydrogens is 344 g/mol. The average Bonchev–Trinajstić information content (AvgIpc) is 2.53. The Morgan fingerprint density at radius 1 is 1.33 bits per heavy atom. The molecule has 0 unspecified atom stereocenters. The lowest BCUT2D eigenvalue weighted by Gasteiger charge is -2.24. The number of carbonyl (C=O) groups excluding carboxylic acids is 1. The summed E-state index contributed by atoms with van der Waals surface area (Å²) in [6.45, 7) is 0.327. The first-order valence-electron chi connectivity index (χ1n) is 6.76. The van der Waals surface area contributed by atoms with Gasteiger partial charge in [-0.15, -0.1) is 0 Å². The van der Waals surface area contributed by atoms with Gasteiger partial charge in [-0.05, 0) is 12.1 Å². The summed E-state index contributed by atoms with van der Waals surface area (Å²) in [5, 5.41) is 19.8. The molecule has 1 aromatic carbocycles. The van der Waals surface area contributed by atoms with Crippen molar-refractivity contribution in [1.29, 1.82) is 0 Å². The number of esters is 1. The fourth-order valence-electron chi connectivity index (χ4n) is 1.83. The van der Waals surface area contributed by atoms with E-state index in [-0.39, 0.29) is 17.1 Å². The number of nitro groups is 1. The molecule has 0 radical (unpaired) electrons. The minimum absolute atomic E-state index is 0.187. The number of hydrogen-bond donors (Lipinski definition) is 2. The zero-order chi connectivity index (χ0) is 18.3. The van der Waals surface area contributed by atoms with Crippen molar-refractivity contribution in [1.82, 2.24) is 4.72 Å². The highest BCUT2D eigenvalue weighted by molar-refractivity contribution is 7.89. The van der Waals surface area contributed by atoms with E-state index in [0.717, 1.165) is 31.2 Å². The van der Waals surface area contributed by atoms with E-state index < -0.39 is 39.7 Å². The number of aliphatic hydroxyl groups is 1. The average molecular weight is 362 g/mol. The van der Waals surface area contributed by atoms with Gasteiger partial charge in [0.1, 0.15) is 12.2 Å². The van der Waals surface area contributed by atoms with Crippen LogP contribution in [0.4, 0.5) is 5.69 Å². The maximum Gasteiger partial charge on any atom is 0.303 e. The highest BCUT2D eigenvalue weighted by Crippen LogP contribution is 2.16. The van der Waals surface area contributed by atoms with Gasteiger partial charge in [-0.25, -0.2) is 13.1 Å². The second-order valence-corrected chi connectivity index (χ2v) is 6.47. The highest BCUT2D eigenvalue weighted by Gasteiger charge is 2.26. The number of hydrogen-bond acceptors (Lipinski definition) is 8. The van der Waals surface area contributed by atoms with E-state index in [4.69, 9.17) is 9.47 Å². The third-order valence-electron chi connectivity index (χ3n) is 3.05. The molecule has 0 aliphatic carbocycles. The molecule has 0 amide bonds. The molecule has 134 valence electrons. The number of methoxy groups -OCH3 is 1. The number of nitrogens with one attached hydrogen (secondary N) is 1. The van der Waals surface area contributed by atoms with E-state index in [2.05, 4.69) is 4.72 Å². The first-order valence-corrected chi connectivity index (χ1v) is 8.24. The van der Waals surface area contributed by atoms with Crippen molar-refractivity contribution in [2.45, 2.75) is 24.0 Å². The van der Waals surface area contributed by atoms with Gasteiger partial charge < -0.3 is 14.6 Å². The molecule has 0 aromatic heterocycles. The van der Waals surface area contributed by atoms with Crippen LogP contribution < -0.4 is 4.72 Å². The smallest absolute Gasteiger partial charge is 0.303 e. The third kappa shape index (κ3) is 5.53. The molecule has 0 saturated carbocycles. The van der Waals surface area contributed by atoms with Crippen molar-refractivity contribution in [3.05, 3.63) is 34.4 Å². The quantitative estimate of drug-likeness (QED) is 0.349. The van der Waals surface area contributed by atoms with Crippen LogP contribution in [0.2, 0.25) is 0 Å². The van der Waals surface area contributed by atoms with Crippen LogP contribution in [0, 0.1) is 10.1 Å². The Hall–Kier alpha value is -2.08. The molecule has 2 N–H and O–H groups in total. The van der Waals surface area contributed by atoms with Gasteiger partial charge >= 0.3 is 5.97 Å². The summed E-state index contributed by atoms with van der Waals surface area (Å²) in [6, 6.07) is 4.29. The predicted octanol–water partition coefficient (Wildman–Crippen LogP) is -0.188. The van der Waals surface area contributed by atoms with Gasteiger partial charge in [0.05, 0.1) is 23.0 Å². The molecule has 0 fully saturated rings. The number of nitrogens with zero attached hydrogens (tertiary/aromatic N) is 1. The van der Waals surface area contributed by atoms with Crippen LogP contribution in [0.5, 0.6) is 0 Å². The molecule has 0 spiro atoms. The summed E-state index contributed by atoms with van der Waals surface area (Å²) in [5.41, 5.74) is -0.244. The maximum atomic E-state index is 12.2. The van der Waals surface area contributed by atoms with Gasteiger partial charge in [0.15, 0.2) is 0 Å². The largest absolute Gasteiger partial charge is 0.458 e. The Balaban J connectivity index is 2.87. The molecule has 1 aromatic rings. The second-order valence-electron chi connectivity index (χ2n) is 4.71. The van der Waals surface area contributed by atoms with Crippen LogP contribution in [0.3, 0.4) is 0 Å². The van der Waals surface area contributed by atoms with Crippen molar-refractivity contribution < 1.29 is 32.7 Å². The number of benzene rings is 1. The molecule has 10 nitrogen and oxygen atoms in total. The van der Waals surface area contributed by atoms with Crippen molar-refractivity contribution in [3.63, 3.8) is 0 Å². The van der Waals surface area contributed by atoms with Gasteiger partial charge in [0.25, 0.3) is 5.69 Å². The standard InChI is InChI=1S/C13H18N2O8S/c1-9(17)23-12(13(8-16)22-2)7-14-24(20,21)11-5-3-10(4-6-11)15(18)19/h3-6,12-14,16H,7-8H2,1-2H3/t12-,13-/m1/s1. The van der Waals surface area contributed by atoms with Gasteiger partial charge in [0.2, 0.25) is 10.0 Å². The van der Waals surface area contributed by atoms with Crippen LogP contribution in [0.1, 0.15) is 6.92 Å².